The summed E-state index contributed by atoms with van der Waals surface area (Å²) in [5.74, 6) is 0.336. The van der Waals surface area contributed by atoms with Crippen molar-refractivity contribution in [2.75, 3.05) is 25.0 Å². The topological polar surface area (TPSA) is 58.4 Å². The summed E-state index contributed by atoms with van der Waals surface area (Å²) in [6.45, 7) is 7.86. The largest absolute Gasteiger partial charge is 0.325 e. The highest BCUT2D eigenvalue weighted by Crippen LogP contribution is 2.49. The first-order valence-electron chi connectivity index (χ1n) is 9.38. The van der Waals surface area contributed by atoms with Crippen molar-refractivity contribution in [1.82, 2.24) is 4.90 Å². The smallest absolute Gasteiger partial charge is 0.241 e. The Kier molecular flexibility index (Phi) is 5.26. The highest BCUT2D eigenvalue weighted by Gasteiger charge is 2.45. The Morgan fingerprint density at radius 3 is 2.38 bits per heavy atom. The second-order valence-electron chi connectivity index (χ2n) is 8.07. The Labute approximate surface area is 145 Å². The second kappa shape index (κ2) is 7.24. The van der Waals surface area contributed by atoms with E-state index in [9.17, 15) is 4.79 Å². The predicted molar refractivity (Wildman–Crippen MR) is 99.1 cm³/mol. The Hall–Kier alpha value is -1.39. The molecule has 1 aromatic carbocycles. The zero-order valence-electron chi connectivity index (χ0n) is 15.1. The van der Waals surface area contributed by atoms with Gasteiger partial charge < -0.3 is 16.0 Å². The van der Waals surface area contributed by atoms with Crippen molar-refractivity contribution >= 4 is 11.6 Å². The minimum Gasteiger partial charge on any atom is -0.325 e. The van der Waals surface area contributed by atoms with E-state index >= 15 is 0 Å². The number of nitrogens with one attached hydrogen (secondary N) is 1. The highest BCUT2D eigenvalue weighted by molar-refractivity contribution is 5.94. The number of rotatable bonds is 7. The monoisotopic (exact) mass is 329 g/mol. The van der Waals surface area contributed by atoms with Gasteiger partial charge in [-0.2, -0.15) is 0 Å². The molecule has 4 nitrogen and oxygen atoms in total. The molecule has 0 radical (unpaired) electrons. The predicted octanol–water partition coefficient (Wildman–Crippen LogP) is 3.13. The fourth-order valence-corrected chi connectivity index (χ4v) is 3.81. The molecule has 0 aromatic heterocycles. The third kappa shape index (κ3) is 4.17. The summed E-state index contributed by atoms with van der Waals surface area (Å²) in [5.41, 5.74) is 8.57. The third-order valence-electron chi connectivity index (χ3n) is 5.41. The number of nitrogens with two attached hydrogens (primary N) is 1. The van der Waals surface area contributed by atoms with Crippen LogP contribution in [0.5, 0.6) is 0 Å². The fourth-order valence-electron chi connectivity index (χ4n) is 3.81. The van der Waals surface area contributed by atoms with Gasteiger partial charge in [0.2, 0.25) is 5.91 Å². The molecule has 4 heteroatoms. The number of carbonyl (C=O) groups is 1. The van der Waals surface area contributed by atoms with Crippen LogP contribution in [0.1, 0.15) is 51.5 Å². The van der Waals surface area contributed by atoms with Gasteiger partial charge in [0.25, 0.3) is 0 Å². The molecule has 1 aliphatic heterocycles. The first kappa shape index (κ1) is 17.4. The van der Waals surface area contributed by atoms with Crippen LogP contribution in [0, 0.1) is 5.92 Å². The number of hydrogen-bond donors (Lipinski definition) is 2. The Morgan fingerprint density at radius 1 is 1.21 bits per heavy atom. The lowest BCUT2D eigenvalue weighted by atomic mass is 9.95. The number of benzene rings is 1. The minimum atomic E-state index is -0.436. The van der Waals surface area contributed by atoms with Gasteiger partial charge in [-0.05, 0) is 68.8 Å². The number of amides is 1. The molecule has 1 saturated heterocycles. The molecule has 1 atom stereocenters. The van der Waals surface area contributed by atoms with E-state index in [0.29, 0.717) is 17.8 Å². The molecule has 1 aliphatic carbocycles. The van der Waals surface area contributed by atoms with E-state index in [4.69, 9.17) is 5.73 Å². The normalized spacial score (nSPS) is 21.0. The van der Waals surface area contributed by atoms with Crippen LogP contribution in [-0.4, -0.2) is 36.5 Å². The molecule has 1 aromatic rings. The van der Waals surface area contributed by atoms with E-state index in [2.05, 4.69) is 36.2 Å². The second-order valence-corrected chi connectivity index (χ2v) is 8.07. The van der Waals surface area contributed by atoms with Gasteiger partial charge in [-0.1, -0.05) is 26.0 Å². The van der Waals surface area contributed by atoms with Crippen LogP contribution in [0.2, 0.25) is 0 Å². The molecular formula is C20H31N3O. The lowest BCUT2D eigenvalue weighted by Crippen LogP contribution is -2.36. The van der Waals surface area contributed by atoms with Gasteiger partial charge in [-0.25, -0.2) is 0 Å². The van der Waals surface area contributed by atoms with E-state index in [1.165, 1.54) is 50.9 Å². The molecule has 1 heterocycles. The first-order chi connectivity index (χ1) is 11.5. The number of hydrogen-bond acceptors (Lipinski definition) is 3. The number of carbonyl (C=O) groups excluding carboxylic acids is 1. The van der Waals surface area contributed by atoms with E-state index < -0.39 is 6.04 Å². The summed E-state index contributed by atoms with van der Waals surface area (Å²) in [5, 5.41) is 2.94. The summed E-state index contributed by atoms with van der Waals surface area (Å²) in [4.78, 5) is 14.7. The average Bonchev–Trinajstić information content (AvgIpc) is 3.13. The molecule has 3 N–H and O–H groups in total. The molecular weight excluding hydrogens is 298 g/mol. The van der Waals surface area contributed by atoms with Gasteiger partial charge in [-0.15, -0.1) is 0 Å². The molecule has 3 rings (SSSR count). The molecule has 2 fully saturated rings. The van der Waals surface area contributed by atoms with Crippen molar-refractivity contribution in [3.8, 4) is 0 Å². The van der Waals surface area contributed by atoms with E-state index in [1.807, 2.05) is 12.1 Å². The Balaban J connectivity index is 1.58. The van der Waals surface area contributed by atoms with Crippen LogP contribution >= 0.6 is 0 Å². The van der Waals surface area contributed by atoms with Crippen molar-refractivity contribution in [3.05, 3.63) is 29.8 Å². The lowest BCUT2D eigenvalue weighted by molar-refractivity contribution is -0.117. The summed E-state index contributed by atoms with van der Waals surface area (Å²) in [6.07, 6.45) is 5.97. The molecule has 0 spiro atoms. The zero-order valence-corrected chi connectivity index (χ0v) is 15.1. The third-order valence-corrected chi connectivity index (χ3v) is 5.41. The van der Waals surface area contributed by atoms with Gasteiger partial charge in [0, 0.05) is 17.6 Å². The number of nitrogens with zero attached hydrogens (tertiary/aromatic N) is 1. The number of anilines is 1. The molecule has 24 heavy (non-hydrogen) atoms. The van der Waals surface area contributed by atoms with Crippen LogP contribution < -0.4 is 11.1 Å². The van der Waals surface area contributed by atoms with Crippen LogP contribution in [0.3, 0.4) is 0 Å². The van der Waals surface area contributed by atoms with Crippen molar-refractivity contribution < 1.29 is 4.79 Å². The van der Waals surface area contributed by atoms with Gasteiger partial charge in [0.05, 0.1) is 6.04 Å². The van der Waals surface area contributed by atoms with E-state index in [1.54, 1.807) is 0 Å². The van der Waals surface area contributed by atoms with Gasteiger partial charge in [0.1, 0.15) is 0 Å². The Morgan fingerprint density at radius 2 is 1.83 bits per heavy atom. The molecule has 0 bridgehead atoms. The number of likely N-dealkylation sites (tertiary alicyclic amines) is 1. The minimum absolute atomic E-state index is 0.0883. The summed E-state index contributed by atoms with van der Waals surface area (Å²) in [6, 6.07) is 7.99. The van der Waals surface area contributed by atoms with E-state index in [0.717, 1.165) is 5.69 Å². The van der Waals surface area contributed by atoms with Crippen LogP contribution in [-0.2, 0) is 10.2 Å². The van der Waals surface area contributed by atoms with Crippen LogP contribution in [0.15, 0.2) is 24.3 Å². The lowest BCUT2D eigenvalue weighted by Gasteiger charge is -2.23. The first-order valence-corrected chi connectivity index (χ1v) is 9.38. The maximum atomic E-state index is 12.1. The summed E-state index contributed by atoms with van der Waals surface area (Å²) >= 11 is 0. The van der Waals surface area contributed by atoms with Crippen molar-refractivity contribution in [2.45, 2.75) is 57.4 Å². The summed E-state index contributed by atoms with van der Waals surface area (Å²) < 4.78 is 0. The maximum absolute atomic E-state index is 12.1. The van der Waals surface area contributed by atoms with Gasteiger partial charge >= 0.3 is 0 Å². The molecule has 132 valence electrons. The van der Waals surface area contributed by atoms with Crippen molar-refractivity contribution in [1.29, 1.82) is 0 Å². The van der Waals surface area contributed by atoms with E-state index in [-0.39, 0.29) is 5.91 Å². The zero-order chi connectivity index (χ0) is 17.2. The molecule has 1 amide bonds. The molecule has 1 saturated carbocycles. The quantitative estimate of drug-likeness (QED) is 0.808. The Bertz CT molecular complexity index is 557. The van der Waals surface area contributed by atoms with Crippen LogP contribution in [0.25, 0.3) is 0 Å². The maximum Gasteiger partial charge on any atom is 0.241 e. The SMILES string of the molecule is CC(C)CC(N)C(=O)Nc1ccc(C2(CN3CCCC3)CC2)cc1. The molecule has 2 aliphatic rings. The fraction of sp³-hybridized carbons (Fsp3) is 0.650. The van der Waals surface area contributed by atoms with Gasteiger partial charge in [-0.3, -0.25) is 4.79 Å². The standard InChI is InChI=1S/C20H31N3O/c1-15(2)13-18(21)19(24)22-17-7-5-16(6-8-17)20(9-10-20)14-23-11-3-4-12-23/h5-8,15,18H,3-4,9-14,21H2,1-2H3,(H,22,24). The average molecular weight is 329 g/mol. The van der Waals surface area contributed by atoms with Gasteiger partial charge in [0.15, 0.2) is 0 Å². The van der Waals surface area contributed by atoms with Crippen molar-refractivity contribution in [3.63, 3.8) is 0 Å². The van der Waals surface area contributed by atoms with Crippen LogP contribution in [0.4, 0.5) is 5.69 Å². The van der Waals surface area contributed by atoms with Crippen molar-refractivity contribution in [2.24, 2.45) is 11.7 Å². The highest BCUT2D eigenvalue weighted by atomic mass is 16.2. The summed E-state index contributed by atoms with van der Waals surface area (Å²) in [7, 11) is 0. The molecule has 1 unspecified atom stereocenters.